The lowest BCUT2D eigenvalue weighted by atomic mass is 10.2. The van der Waals surface area contributed by atoms with Crippen LogP contribution >= 0.6 is 0 Å². The molecule has 3 aromatic rings. The van der Waals surface area contributed by atoms with E-state index in [1.165, 1.54) is 7.11 Å². The summed E-state index contributed by atoms with van der Waals surface area (Å²) < 4.78 is 22.0. The number of rotatable bonds is 4. The zero-order valence-corrected chi connectivity index (χ0v) is 13.8. The number of nitrogens with zero attached hydrogens (tertiary/aromatic N) is 2. The van der Waals surface area contributed by atoms with E-state index in [0.717, 1.165) is 0 Å². The van der Waals surface area contributed by atoms with Crippen LogP contribution in [0.2, 0.25) is 0 Å². The molecule has 2 aromatic carbocycles. The second kappa shape index (κ2) is 6.75. The monoisotopic (exact) mass is 353 g/mol. The van der Waals surface area contributed by atoms with E-state index < -0.39 is 6.10 Å². The van der Waals surface area contributed by atoms with E-state index in [9.17, 15) is 4.79 Å². The summed E-state index contributed by atoms with van der Waals surface area (Å²) in [5, 5.41) is 10.3. The summed E-state index contributed by atoms with van der Waals surface area (Å²) in [5.41, 5.74) is 0.412. The first kappa shape index (κ1) is 15.9. The minimum absolute atomic E-state index is 0.0183. The molecule has 1 amide bonds. The maximum Gasteiger partial charge on any atom is 0.322 e. The molecule has 0 saturated heterocycles. The second-order valence-corrected chi connectivity index (χ2v) is 5.50. The maximum absolute atomic E-state index is 12.3. The van der Waals surface area contributed by atoms with Gasteiger partial charge in [0.1, 0.15) is 12.4 Å². The van der Waals surface area contributed by atoms with Crippen LogP contribution in [0.3, 0.4) is 0 Å². The first-order chi connectivity index (χ1) is 12.7. The molecule has 8 nitrogen and oxygen atoms in total. The highest BCUT2D eigenvalue weighted by Crippen LogP contribution is 2.35. The normalized spacial score (nSPS) is 15.3. The van der Waals surface area contributed by atoms with Crippen molar-refractivity contribution >= 4 is 11.9 Å². The average molecular weight is 353 g/mol. The second-order valence-electron chi connectivity index (χ2n) is 5.50. The summed E-state index contributed by atoms with van der Waals surface area (Å²) in [6.07, 6.45) is -0.542. The molecule has 0 radical (unpaired) electrons. The Morgan fingerprint density at radius 2 is 2.00 bits per heavy atom. The Kier molecular flexibility index (Phi) is 4.14. The van der Waals surface area contributed by atoms with Gasteiger partial charge in [-0.1, -0.05) is 23.3 Å². The van der Waals surface area contributed by atoms with E-state index in [4.69, 9.17) is 18.6 Å². The molecular formula is C18H15N3O5. The van der Waals surface area contributed by atoms with E-state index in [2.05, 4.69) is 15.5 Å². The molecule has 0 aliphatic carbocycles. The third-order valence-corrected chi connectivity index (χ3v) is 3.78. The van der Waals surface area contributed by atoms with E-state index in [-0.39, 0.29) is 24.4 Å². The van der Waals surface area contributed by atoms with Crippen LogP contribution in [0, 0.1) is 0 Å². The molecule has 1 N–H and O–H groups in total. The number of anilines is 1. The van der Waals surface area contributed by atoms with Gasteiger partial charge in [0, 0.05) is 5.56 Å². The molecule has 1 atom stereocenters. The number of para-hydroxylation sites is 2. The van der Waals surface area contributed by atoms with Crippen LogP contribution in [0.5, 0.6) is 17.2 Å². The molecule has 1 aliphatic rings. The Labute approximate surface area is 148 Å². The van der Waals surface area contributed by atoms with E-state index in [1.54, 1.807) is 30.3 Å². The first-order valence-corrected chi connectivity index (χ1v) is 7.90. The summed E-state index contributed by atoms with van der Waals surface area (Å²) in [5.74, 6) is 1.68. The van der Waals surface area contributed by atoms with Gasteiger partial charge in [-0.25, -0.2) is 0 Å². The SMILES string of the molecule is COc1cccc(C(=O)Nc2nnc(C3COc4ccccc4O3)o2)c1. The minimum atomic E-state index is -0.542. The molecule has 0 spiro atoms. The molecule has 26 heavy (non-hydrogen) atoms. The Bertz CT molecular complexity index is 940. The van der Waals surface area contributed by atoms with Gasteiger partial charge in [-0.05, 0) is 30.3 Å². The van der Waals surface area contributed by atoms with E-state index in [1.807, 2.05) is 18.2 Å². The lowest BCUT2D eigenvalue weighted by Crippen LogP contribution is -2.21. The number of hydrogen-bond acceptors (Lipinski definition) is 7. The van der Waals surface area contributed by atoms with Gasteiger partial charge in [-0.2, -0.15) is 0 Å². The summed E-state index contributed by atoms with van der Waals surface area (Å²) in [6.45, 7) is 0.239. The van der Waals surface area contributed by atoms with Crippen molar-refractivity contribution in [3.63, 3.8) is 0 Å². The van der Waals surface area contributed by atoms with Gasteiger partial charge in [0.15, 0.2) is 11.5 Å². The third kappa shape index (κ3) is 3.16. The van der Waals surface area contributed by atoms with Crippen molar-refractivity contribution in [2.45, 2.75) is 6.10 Å². The highest BCUT2D eigenvalue weighted by atomic mass is 16.6. The van der Waals surface area contributed by atoms with Crippen molar-refractivity contribution < 1.29 is 23.4 Å². The summed E-state index contributed by atoms with van der Waals surface area (Å²) in [4.78, 5) is 12.3. The number of benzene rings is 2. The van der Waals surface area contributed by atoms with Crippen molar-refractivity contribution in [2.75, 3.05) is 19.0 Å². The predicted octanol–water partition coefficient (Wildman–Crippen LogP) is 2.84. The number of hydrogen-bond donors (Lipinski definition) is 1. The molecule has 8 heteroatoms. The average Bonchev–Trinajstić information content (AvgIpc) is 3.16. The van der Waals surface area contributed by atoms with Crippen molar-refractivity contribution in [3.05, 3.63) is 60.0 Å². The van der Waals surface area contributed by atoms with E-state index >= 15 is 0 Å². The lowest BCUT2D eigenvalue weighted by molar-refractivity contribution is 0.0716. The number of ether oxygens (including phenoxy) is 3. The molecule has 1 aliphatic heterocycles. The number of aromatic nitrogens is 2. The fraction of sp³-hybridized carbons (Fsp3) is 0.167. The largest absolute Gasteiger partial charge is 0.497 e. The van der Waals surface area contributed by atoms with Crippen molar-refractivity contribution in [1.82, 2.24) is 10.2 Å². The van der Waals surface area contributed by atoms with Crippen LogP contribution in [0.15, 0.2) is 52.9 Å². The highest BCUT2D eigenvalue weighted by molar-refractivity contribution is 6.03. The van der Waals surface area contributed by atoms with Crippen LogP contribution in [0.4, 0.5) is 6.01 Å². The lowest BCUT2D eigenvalue weighted by Gasteiger charge is -2.23. The van der Waals surface area contributed by atoms with Gasteiger partial charge >= 0.3 is 6.01 Å². The molecule has 2 heterocycles. The molecule has 1 unspecified atom stereocenters. The topological polar surface area (TPSA) is 95.7 Å². The quantitative estimate of drug-likeness (QED) is 0.770. The number of carbonyl (C=O) groups is 1. The van der Waals surface area contributed by atoms with Gasteiger partial charge in [-0.15, -0.1) is 5.10 Å². The number of amides is 1. The first-order valence-electron chi connectivity index (χ1n) is 7.90. The fourth-order valence-corrected chi connectivity index (χ4v) is 2.49. The van der Waals surface area contributed by atoms with Crippen molar-refractivity contribution in [3.8, 4) is 17.2 Å². The smallest absolute Gasteiger partial charge is 0.322 e. The van der Waals surface area contributed by atoms with E-state index in [0.29, 0.717) is 22.8 Å². The van der Waals surface area contributed by atoms with Crippen molar-refractivity contribution in [1.29, 1.82) is 0 Å². The number of methoxy groups -OCH3 is 1. The van der Waals surface area contributed by atoms with Crippen LogP contribution in [0.1, 0.15) is 22.4 Å². The Balaban J connectivity index is 1.46. The summed E-state index contributed by atoms with van der Waals surface area (Å²) in [7, 11) is 1.53. The van der Waals surface area contributed by atoms with Gasteiger partial charge in [0.25, 0.3) is 11.8 Å². The minimum Gasteiger partial charge on any atom is -0.497 e. The number of nitrogens with one attached hydrogen (secondary N) is 1. The molecule has 1 aromatic heterocycles. The molecule has 132 valence electrons. The van der Waals surface area contributed by atoms with Crippen LogP contribution < -0.4 is 19.5 Å². The van der Waals surface area contributed by atoms with Gasteiger partial charge in [0.05, 0.1) is 7.11 Å². The highest BCUT2D eigenvalue weighted by Gasteiger charge is 2.27. The zero-order chi connectivity index (χ0) is 17.9. The molecule has 4 rings (SSSR count). The predicted molar refractivity (Wildman–Crippen MR) is 90.6 cm³/mol. The molecule has 0 bridgehead atoms. The fourth-order valence-electron chi connectivity index (χ4n) is 2.49. The van der Waals surface area contributed by atoms with Crippen LogP contribution in [-0.4, -0.2) is 29.8 Å². The van der Waals surface area contributed by atoms with Crippen LogP contribution in [0.25, 0.3) is 0 Å². The molecule has 0 saturated carbocycles. The van der Waals surface area contributed by atoms with Crippen molar-refractivity contribution in [2.24, 2.45) is 0 Å². The Morgan fingerprint density at radius 1 is 1.15 bits per heavy atom. The van der Waals surface area contributed by atoms with Gasteiger partial charge in [0.2, 0.25) is 6.10 Å². The number of fused-ring (bicyclic) bond motifs is 1. The standard InChI is InChI=1S/C18H15N3O5/c1-23-12-6-4-5-11(9-12)16(22)19-18-21-20-17(26-18)15-10-24-13-7-2-3-8-14(13)25-15/h2-9,15H,10H2,1H3,(H,19,21,22). The zero-order valence-electron chi connectivity index (χ0n) is 13.8. The Morgan fingerprint density at radius 3 is 2.85 bits per heavy atom. The molecule has 0 fully saturated rings. The van der Waals surface area contributed by atoms with Gasteiger partial charge in [-0.3, -0.25) is 10.1 Å². The maximum atomic E-state index is 12.3. The third-order valence-electron chi connectivity index (χ3n) is 3.78. The summed E-state index contributed by atoms with van der Waals surface area (Å²) in [6, 6.07) is 14.0. The number of carbonyl (C=O) groups excluding carboxylic acids is 1. The molecular weight excluding hydrogens is 338 g/mol. The van der Waals surface area contributed by atoms with Gasteiger partial charge < -0.3 is 18.6 Å². The van der Waals surface area contributed by atoms with Crippen LogP contribution in [-0.2, 0) is 0 Å². The summed E-state index contributed by atoms with van der Waals surface area (Å²) >= 11 is 0. The Hall–Kier alpha value is -3.55.